The highest BCUT2D eigenvalue weighted by atomic mass is 32.2. The Kier molecular flexibility index (Phi) is 7.10. The van der Waals surface area contributed by atoms with Crippen molar-refractivity contribution < 1.29 is 9.47 Å². The minimum Gasteiger partial charge on any atom is -0.496 e. The third-order valence-electron chi connectivity index (χ3n) is 3.02. The smallest absolute Gasteiger partial charge is 0.122 e. The van der Waals surface area contributed by atoms with Crippen molar-refractivity contribution in [3.05, 3.63) is 23.3 Å². The first kappa shape index (κ1) is 16.2. The van der Waals surface area contributed by atoms with Crippen LogP contribution < -0.4 is 15.2 Å². The summed E-state index contributed by atoms with van der Waals surface area (Å²) >= 11 is 1.87. The number of benzene rings is 1. The van der Waals surface area contributed by atoms with E-state index in [1.165, 1.54) is 5.56 Å². The van der Waals surface area contributed by atoms with Crippen LogP contribution in [0.5, 0.6) is 11.5 Å². The molecule has 0 spiro atoms. The fourth-order valence-electron chi connectivity index (χ4n) is 2.13. The molecule has 0 unspecified atom stereocenters. The minimum atomic E-state index is 0.112. The molecule has 4 heteroatoms. The molecule has 108 valence electrons. The summed E-state index contributed by atoms with van der Waals surface area (Å²) in [6.45, 7) is 2.00. The molecule has 0 aromatic heterocycles. The van der Waals surface area contributed by atoms with Gasteiger partial charge in [-0.3, -0.25) is 0 Å². The number of ether oxygens (including phenoxy) is 2. The predicted octanol–water partition coefficient (Wildman–Crippen LogP) is 2.89. The van der Waals surface area contributed by atoms with Crippen LogP contribution in [0, 0.1) is 0 Å². The van der Waals surface area contributed by atoms with Crippen LogP contribution in [0.25, 0.3) is 0 Å². The van der Waals surface area contributed by atoms with Crippen LogP contribution in [-0.2, 0) is 12.8 Å². The van der Waals surface area contributed by atoms with Crippen LogP contribution in [0.1, 0.15) is 24.5 Å². The third kappa shape index (κ3) is 4.96. The van der Waals surface area contributed by atoms with Gasteiger partial charge in [-0.2, -0.15) is 11.8 Å². The molecule has 0 saturated heterocycles. The topological polar surface area (TPSA) is 44.5 Å². The van der Waals surface area contributed by atoms with Gasteiger partial charge < -0.3 is 15.2 Å². The monoisotopic (exact) mass is 283 g/mol. The van der Waals surface area contributed by atoms with Crippen LogP contribution in [-0.4, -0.2) is 32.3 Å². The van der Waals surface area contributed by atoms with Crippen LogP contribution in [0.15, 0.2) is 12.1 Å². The SMILES string of the molecule is COc1cc(C[C@@H](C)N)c(OC)cc1CCCSC. The van der Waals surface area contributed by atoms with Crippen molar-refractivity contribution in [3.8, 4) is 11.5 Å². The Labute approximate surface area is 120 Å². The summed E-state index contributed by atoms with van der Waals surface area (Å²) in [5, 5.41) is 0. The van der Waals surface area contributed by atoms with E-state index in [9.17, 15) is 0 Å². The molecule has 0 aliphatic rings. The summed E-state index contributed by atoms with van der Waals surface area (Å²) in [4.78, 5) is 0. The van der Waals surface area contributed by atoms with Crippen LogP contribution in [0.2, 0.25) is 0 Å². The Morgan fingerprint density at radius 3 is 2.26 bits per heavy atom. The molecule has 0 radical (unpaired) electrons. The second kappa shape index (κ2) is 8.33. The normalized spacial score (nSPS) is 12.3. The number of thioether (sulfide) groups is 1. The molecule has 1 aromatic rings. The summed E-state index contributed by atoms with van der Waals surface area (Å²) in [7, 11) is 3.42. The zero-order valence-corrected chi connectivity index (χ0v) is 13.2. The summed E-state index contributed by atoms with van der Waals surface area (Å²) in [5.41, 5.74) is 8.20. The maximum absolute atomic E-state index is 5.88. The van der Waals surface area contributed by atoms with Gasteiger partial charge >= 0.3 is 0 Å². The van der Waals surface area contributed by atoms with Crippen molar-refractivity contribution in [2.45, 2.75) is 32.2 Å². The largest absolute Gasteiger partial charge is 0.496 e. The molecule has 0 heterocycles. The molecule has 0 fully saturated rings. The second-order valence-corrected chi connectivity index (χ2v) is 5.74. The maximum Gasteiger partial charge on any atom is 0.122 e. The molecule has 1 rings (SSSR count). The van der Waals surface area contributed by atoms with E-state index in [1.807, 2.05) is 18.7 Å². The summed E-state index contributed by atoms with van der Waals surface area (Å²) < 4.78 is 11.0. The van der Waals surface area contributed by atoms with Gasteiger partial charge in [0.15, 0.2) is 0 Å². The standard InChI is InChI=1S/C15H25NO2S/c1-11(16)8-13-10-14(17-2)12(6-5-7-19-4)9-15(13)18-3/h9-11H,5-8,16H2,1-4H3/t11-/m1/s1. The van der Waals surface area contributed by atoms with Crippen molar-refractivity contribution in [3.63, 3.8) is 0 Å². The lowest BCUT2D eigenvalue weighted by Gasteiger charge is -2.16. The molecule has 3 nitrogen and oxygen atoms in total. The quantitative estimate of drug-likeness (QED) is 0.745. The first-order chi connectivity index (χ1) is 9.12. The van der Waals surface area contributed by atoms with E-state index in [0.717, 1.165) is 42.1 Å². The average molecular weight is 283 g/mol. The highest BCUT2D eigenvalue weighted by molar-refractivity contribution is 7.98. The Morgan fingerprint density at radius 1 is 1.16 bits per heavy atom. The molecule has 1 aromatic carbocycles. The summed E-state index contributed by atoms with van der Waals surface area (Å²) in [6, 6.07) is 4.27. The van der Waals surface area contributed by atoms with Crippen molar-refractivity contribution in [1.29, 1.82) is 0 Å². The van der Waals surface area contributed by atoms with Gasteiger partial charge in [-0.05, 0) is 61.5 Å². The number of methoxy groups -OCH3 is 2. The molecule has 0 aliphatic heterocycles. The molecular formula is C15H25NO2S. The molecule has 1 atom stereocenters. The number of hydrogen-bond acceptors (Lipinski definition) is 4. The molecule has 0 aliphatic carbocycles. The van der Waals surface area contributed by atoms with E-state index in [-0.39, 0.29) is 6.04 Å². The van der Waals surface area contributed by atoms with Gasteiger partial charge in [0.2, 0.25) is 0 Å². The van der Waals surface area contributed by atoms with E-state index in [4.69, 9.17) is 15.2 Å². The van der Waals surface area contributed by atoms with Crippen molar-refractivity contribution >= 4 is 11.8 Å². The van der Waals surface area contributed by atoms with E-state index in [1.54, 1.807) is 14.2 Å². The zero-order valence-electron chi connectivity index (χ0n) is 12.4. The zero-order chi connectivity index (χ0) is 14.3. The van der Waals surface area contributed by atoms with Crippen molar-refractivity contribution in [2.24, 2.45) is 5.73 Å². The van der Waals surface area contributed by atoms with Crippen molar-refractivity contribution in [1.82, 2.24) is 0 Å². The minimum absolute atomic E-state index is 0.112. The van der Waals surface area contributed by atoms with Gasteiger partial charge in [0.05, 0.1) is 14.2 Å². The van der Waals surface area contributed by atoms with Crippen LogP contribution >= 0.6 is 11.8 Å². The lowest BCUT2D eigenvalue weighted by molar-refractivity contribution is 0.393. The van der Waals surface area contributed by atoms with Crippen LogP contribution in [0.3, 0.4) is 0 Å². The number of aryl methyl sites for hydroxylation is 1. The van der Waals surface area contributed by atoms with E-state index in [2.05, 4.69) is 18.4 Å². The second-order valence-electron chi connectivity index (χ2n) is 4.75. The van der Waals surface area contributed by atoms with Crippen molar-refractivity contribution in [2.75, 3.05) is 26.2 Å². The van der Waals surface area contributed by atoms with E-state index >= 15 is 0 Å². The first-order valence-electron chi connectivity index (χ1n) is 6.60. The molecular weight excluding hydrogens is 258 g/mol. The summed E-state index contributed by atoms with van der Waals surface area (Å²) in [5.74, 6) is 3.02. The van der Waals surface area contributed by atoms with E-state index < -0.39 is 0 Å². The predicted molar refractivity (Wildman–Crippen MR) is 83.6 cm³/mol. The first-order valence-corrected chi connectivity index (χ1v) is 8.00. The number of nitrogens with two attached hydrogens (primary N) is 1. The van der Waals surface area contributed by atoms with Crippen LogP contribution in [0.4, 0.5) is 0 Å². The molecule has 0 bridgehead atoms. The van der Waals surface area contributed by atoms with Gasteiger partial charge in [0.1, 0.15) is 11.5 Å². The molecule has 19 heavy (non-hydrogen) atoms. The third-order valence-corrected chi connectivity index (χ3v) is 3.72. The fourth-order valence-corrected chi connectivity index (χ4v) is 2.57. The number of hydrogen-bond donors (Lipinski definition) is 1. The Balaban J connectivity index is 2.97. The average Bonchev–Trinajstić information content (AvgIpc) is 2.39. The van der Waals surface area contributed by atoms with Gasteiger partial charge in [0.25, 0.3) is 0 Å². The summed E-state index contributed by atoms with van der Waals surface area (Å²) in [6.07, 6.45) is 5.08. The molecule has 2 N–H and O–H groups in total. The highest BCUT2D eigenvalue weighted by Crippen LogP contribution is 2.30. The van der Waals surface area contributed by atoms with E-state index in [0.29, 0.717) is 0 Å². The van der Waals surface area contributed by atoms with Gasteiger partial charge in [-0.25, -0.2) is 0 Å². The molecule has 0 amide bonds. The maximum atomic E-state index is 5.88. The lowest BCUT2D eigenvalue weighted by atomic mass is 10.0. The Hall–Kier alpha value is -0.870. The fraction of sp³-hybridized carbons (Fsp3) is 0.600. The lowest BCUT2D eigenvalue weighted by Crippen LogP contribution is -2.18. The Morgan fingerprint density at radius 2 is 1.74 bits per heavy atom. The molecule has 0 saturated carbocycles. The Bertz CT molecular complexity index is 394. The van der Waals surface area contributed by atoms with Gasteiger partial charge in [-0.15, -0.1) is 0 Å². The number of rotatable bonds is 8. The van der Waals surface area contributed by atoms with Gasteiger partial charge in [0, 0.05) is 6.04 Å². The highest BCUT2D eigenvalue weighted by Gasteiger charge is 2.12. The van der Waals surface area contributed by atoms with Gasteiger partial charge in [-0.1, -0.05) is 0 Å².